The molecule has 1 aromatic heterocycles. The largest absolute Gasteiger partial charge is 0.489 e. The molecule has 1 fully saturated rings. The highest BCUT2D eigenvalue weighted by atomic mass is 35.5. The van der Waals surface area contributed by atoms with Gasteiger partial charge >= 0.3 is 5.97 Å². The number of methoxy groups -OCH3 is 2. The molecule has 7 heteroatoms. The Balaban J connectivity index is 1.47. The van der Waals surface area contributed by atoms with Crippen molar-refractivity contribution in [1.82, 2.24) is 4.98 Å². The number of benzene rings is 2. The number of aromatic nitrogens is 1. The minimum Gasteiger partial charge on any atom is -0.489 e. The van der Waals surface area contributed by atoms with E-state index in [2.05, 4.69) is 56.9 Å². The van der Waals surface area contributed by atoms with Gasteiger partial charge in [0.1, 0.15) is 12.4 Å². The number of hydrogen-bond donors (Lipinski definition) is 1. The number of rotatable bonds is 8. The molecule has 2 aromatic carbocycles. The Labute approximate surface area is 241 Å². The van der Waals surface area contributed by atoms with E-state index in [1.165, 1.54) is 5.56 Å². The summed E-state index contributed by atoms with van der Waals surface area (Å²) in [4.78, 5) is 16.2. The Morgan fingerprint density at radius 3 is 2.58 bits per heavy atom. The number of hydrogen-bond acceptors (Lipinski definition) is 5. The second-order valence-corrected chi connectivity index (χ2v) is 12.6. The number of carboxylic acid groups (broad SMARTS) is 1. The van der Waals surface area contributed by atoms with Gasteiger partial charge in [-0.1, -0.05) is 57.5 Å². The topological polar surface area (TPSA) is 77.9 Å². The first-order valence-electron chi connectivity index (χ1n) is 13.9. The standard InChI is InChI=1S/C33H38ClNO5/c1-19-29(31(36)37)33(19)13-7-8-21-10-11-22(15-26(21)33)40-18-20-9-12-23(24-16-28(38-5)35-17-27(24)34)25(14-20)30(39-6)32(2,3)4/h9-12,14-17,19,29-30H,7-8,13,18H2,1-6H3,(H,36,37)/t19-,29?,30?,33?/m0/s1. The SMILES string of the molecule is COc1cc(-c2ccc(COc3ccc4c(c3)C3(CCC4)C(C(=O)O)[C@@H]3C)cc2C(OC)C(C)(C)C)c(Cl)cn1. The second kappa shape index (κ2) is 10.7. The fourth-order valence-corrected chi connectivity index (χ4v) is 7.08. The summed E-state index contributed by atoms with van der Waals surface area (Å²) in [7, 11) is 3.31. The third kappa shape index (κ3) is 4.97. The number of aliphatic carboxylic acids is 1. The molecule has 0 amide bonds. The number of halogens is 1. The number of ether oxygens (including phenoxy) is 3. The molecule has 1 N–H and O–H groups in total. The second-order valence-electron chi connectivity index (χ2n) is 12.2. The summed E-state index contributed by atoms with van der Waals surface area (Å²) < 4.78 is 17.7. The van der Waals surface area contributed by atoms with Crippen LogP contribution in [0.3, 0.4) is 0 Å². The fraction of sp³-hybridized carbons (Fsp3) is 0.455. The number of fused-ring (bicyclic) bond motifs is 2. The van der Waals surface area contributed by atoms with E-state index in [4.69, 9.17) is 25.8 Å². The minimum atomic E-state index is -0.697. The van der Waals surface area contributed by atoms with Gasteiger partial charge in [0.15, 0.2) is 0 Å². The van der Waals surface area contributed by atoms with Crippen LogP contribution in [0.2, 0.25) is 5.02 Å². The maximum atomic E-state index is 12.0. The highest BCUT2D eigenvalue weighted by Crippen LogP contribution is 2.65. The summed E-state index contributed by atoms with van der Waals surface area (Å²) in [6, 6.07) is 14.3. The first kappa shape index (κ1) is 28.4. The maximum Gasteiger partial charge on any atom is 0.307 e. The summed E-state index contributed by atoms with van der Waals surface area (Å²) in [6.07, 6.45) is 4.33. The van der Waals surface area contributed by atoms with Gasteiger partial charge in [-0.25, -0.2) is 4.98 Å². The van der Waals surface area contributed by atoms with E-state index < -0.39 is 5.97 Å². The Kier molecular flexibility index (Phi) is 7.62. The molecule has 6 nitrogen and oxygen atoms in total. The Hall–Kier alpha value is -3.09. The van der Waals surface area contributed by atoms with Crippen molar-refractivity contribution in [1.29, 1.82) is 0 Å². The lowest BCUT2D eigenvalue weighted by Crippen LogP contribution is -2.22. The molecule has 1 heterocycles. The van der Waals surface area contributed by atoms with Gasteiger partial charge in [0.25, 0.3) is 0 Å². The van der Waals surface area contributed by atoms with Gasteiger partial charge in [-0.2, -0.15) is 0 Å². The lowest BCUT2D eigenvalue weighted by molar-refractivity contribution is -0.139. The van der Waals surface area contributed by atoms with E-state index >= 15 is 0 Å². The highest BCUT2D eigenvalue weighted by Gasteiger charge is 2.67. The number of carboxylic acids is 1. The molecule has 4 atom stereocenters. The number of aryl methyl sites for hydroxylation is 1. The van der Waals surface area contributed by atoms with Crippen LogP contribution in [-0.4, -0.2) is 30.3 Å². The van der Waals surface area contributed by atoms with Gasteiger partial charge in [-0.15, -0.1) is 0 Å². The highest BCUT2D eigenvalue weighted by molar-refractivity contribution is 6.33. The van der Waals surface area contributed by atoms with E-state index in [0.717, 1.165) is 52.8 Å². The van der Waals surface area contributed by atoms with Crippen LogP contribution in [0.1, 0.15) is 68.9 Å². The first-order chi connectivity index (χ1) is 19.0. The molecule has 212 valence electrons. The molecule has 3 unspecified atom stereocenters. The predicted octanol–water partition coefficient (Wildman–Crippen LogP) is 7.65. The van der Waals surface area contributed by atoms with Crippen LogP contribution < -0.4 is 9.47 Å². The van der Waals surface area contributed by atoms with E-state index in [-0.39, 0.29) is 28.8 Å². The van der Waals surface area contributed by atoms with Crippen LogP contribution >= 0.6 is 11.6 Å². The van der Waals surface area contributed by atoms with Crippen molar-refractivity contribution in [2.24, 2.45) is 17.3 Å². The van der Waals surface area contributed by atoms with Crippen molar-refractivity contribution in [2.45, 2.75) is 65.1 Å². The van der Waals surface area contributed by atoms with Crippen molar-refractivity contribution in [3.63, 3.8) is 0 Å². The third-order valence-electron chi connectivity index (χ3n) is 8.80. The normalized spacial score (nSPS) is 22.5. The zero-order valence-corrected chi connectivity index (χ0v) is 24.8. The molecule has 3 aromatic rings. The van der Waals surface area contributed by atoms with Crippen molar-refractivity contribution < 1.29 is 24.1 Å². The summed E-state index contributed by atoms with van der Waals surface area (Å²) >= 11 is 6.61. The molecule has 0 bridgehead atoms. The zero-order valence-electron chi connectivity index (χ0n) is 24.1. The zero-order chi connectivity index (χ0) is 28.8. The molecule has 0 radical (unpaired) electrons. The molecule has 5 rings (SSSR count). The Morgan fingerprint density at radius 2 is 1.93 bits per heavy atom. The smallest absolute Gasteiger partial charge is 0.307 e. The van der Waals surface area contributed by atoms with Gasteiger partial charge < -0.3 is 19.3 Å². The number of carbonyl (C=O) groups is 1. The van der Waals surface area contributed by atoms with Gasteiger partial charge in [-0.05, 0) is 76.6 Å². The van der Waals surface area contributed by atoms with Crippen LogP contribution in [-0.2, 0) is 28.0 Å². The monoisotopic (exact) mass is 563 g/mol. The predicted molar refractivity (Wildman–Crippen MR) is 156 cm³/mol. The van der Waals surface area contributed by atoms with Gasteiger partial charge in [0, 0.05) is 24.2 Å². The number of pyridine rings is 1. The van der Waals surface area contributed by atoms with Crippen molar-refractivity contribution >= 4 is 17.6 Å². The molecule has 2 aliphatic rings. The van der Waals surface area contributed by atoms with Crippen molar-refractivity contribution in [3.8, 4) is 22.8 Å². The molecule has 0 saturated heterocycles. The van der Waals surface area contributed by atoms with E-state index in [1.807, 2.05) is 18.2 Å². The van der Waals surface area contributed by atoms with E-state index in [9.17, 15) is 9.90 Å². The molecule has 2 aliphatic carbocycles. The molecule has 40 heavy (non-hydrogen) atoms. The summed E-state index contributed by atoms with van der Waals surface area (Å²) in [6.45, 7) is 8.88. The van der Waals surface area contributed by atoms with Crippen molar-refractivity contribution in [3.05, 3.63) is 75.9 Å². The third-order valence-corrected chi connectivity index (χ3v) is 9.10. The molecule has 0 aliphatic heterocycles. The summed E-state index contributed by atoms with van der Waals surface area (Å²) in [5.41, 5.74) is 5.74. The molecule has 1 spiro atoms. The van der Waals surface area contributed by atoms with Crippen molar-refractivity contribution in [2.75, 3.05) is 14.2 Å². The maximum absolute atomic E-state index is 12.0. The van der Waals surface area contributed by atoms with Crippen LogP contribution in [0, 0.1) is 17.3 Å². The van der Waals surface area contributed by atoms with Gasteiger partial charge in [-0.3, -0.25) is 4.79 Å². The lowest BCUT2D eigenvalue weighted by atomic mass is 9.77. The first-order valence-corrected chi connectivity index (χ1v) is 14.2. The van der Waals surface area contributed by atoms with E-state index in [0.29, 0.717) is 17.5 Å². The van der Waals surface area contributed by atoms with Crippen LogP contribution in [0.4, 0.5) is 0 Å². The minimum absolute atomic E-state index is 0.136. The van der Waals surface area contributed by atoms with Crippen LogP contribution in [0.25, 0.3) is 11.1 Å². The van der Waals surface area contributed by atoms with Crippen LogP contribution in [0.5, 0.6) is 11.6 Å². The lowest BCUT2D eigenvalue weighted by Gasteiger charge is -2.32. The Morgan fingerprint density at radius 1 is 1.15 bits per heavy atom. The fourth-order valence-electron chi connectivity index (χ4n) is 6.88. The Bertz CT molecular complexity index is 1430. The van der Waals surface area contributed by atoms with Gasteiger partial charge in [0.2, 0.25) is 5.88 Å². The quantitative estimate of drug-likeness (QED) is 0.303. The molecular formula is C33H38ClNO5. The average molecular weight is 564 g/mol. The molecule has 1 saturated carbocycles. The van der Waals surface area contributed by atoms with Crippen LogP contribution in [0.15, 0.2) is 48.7 Å². The molecular weight excluding hydrogens is 526 g/mol. The van der Waals surface area contributed by atoms with E-state index in [1.54, 1.807) is 20.4 Å². The number of nitrogens with zero attached hydrogens (tertiary/aromatic N) is 1. The average Bonchev–Trinajstić information content (AvgIpc) is 3.51. The summed E-state index contributed by atoms with van der Waals surface area (Å²) in [5.74, 6) is 0.366. The summed E-state index contributed by atoms with van der Waals surface area (Å²) in [5, 5.41) is 10.4. The van der Waals surface area contributed by atoms with Gasteiger partial charge in [0.05, 0.1) is 30.4 Å².